The number of anilines is 1. The molecule has 196 valence electrons. The largest absolute Gasteiger partial charge is 0.362 e. The third kappa shape index (κ3) is 6.95. The SMILES string of the molecule is C/C=C/C=C\c1ccccc1-c1ccc(-c2ccc(C3=C(/C=C\C=C\Nc4ccccc4)CCC=C3)cc2)cc1. The lowest BCUT2D eigenvalue weighted by atomic mass is 9.91. The van der Waals surface area contributed by atoms with E-state index in [1.807, 2.05) is 37.4 Å². The minimum absolute atomic E-state index is 1.05. The number of nitrogens with one attached hydrogen (secondary N) is 1. The molecule has 0 aromatic heterocycles. The summed E-state index contributed by atoms with van der Waals surface area (Å²) in [6.45, 7) is 2.03. The van der Waals surface area contributed by atoms with Crippen molar-refractivity contribution in [2.24, 2.45) is 0 Å². The van der Waals surface area contributed by atoms with Crippen LogP contribution in [0.1, 0.15) is 30.9 Å². The highest BCUT2D eigenvalue weighted by Gasteiger charge is 2.09. The predicted molar refractivity (Wildman–Crippen MR) is 175 cm³/mol. The second kappa shape index (κ2) is 13.8. The summed E-state index contributed by atoms with van der Waals surface area (Å²) in [6, 6.07) is 36.6. The van der Waals surface area contributed by atoms with E-state index < -0.39 is 0 Å². The molecule has 0 bridgehead atoms. The lowest BCUT2D eigenvalue weighted by Crippen LogP contribution is -1.93. The molecule has 0 aliphatic heterocycles. The van der Waals surface area contributed by atoms with Gasteiger partial charge in [-0.1, -0.05) is 140 Å². The number of hydrogen-bond acceptors (Lipinski definition) is 1. The van der Waals surface area contributed by atoms with Gasteiger partial charge >= 0.3 is 0 Å². The highest BCUT2D eigenvalue weighted by molar-refractivity contribution is 5.81. The van der Waals surface area contributed by atoms with Crippen LogP contribution in [0.2, 0.25) is 0 Å². The van der Waals surface area contributed by atoms with Crippen LogP contribution in [-0.4, -0.2) is 0 Å². The van der Waals surface area contributed by atoms with Gasteiger partial charge in [0, 0.05) is 11.9 Å². The Hall–Kier alpha value is -4.88. The predicted octanol–water partition coefficient (Wildman–Crippen LogP) is 10.9. The Morgan fingerprint density at radius 1 is 0.600 bits per heavy atom. The maximum Gasteiger partial charge on any atom is 0.0379 e. The standard InChI is InChI=1S/C39H35N/c1-2-3-5-14-33-15-8-10-20-38(33)35-26-22-31(23-27-35)32-24-28-36(29-25-32)39-21-11-9-16-34(39)17-12-13-30-40-37-18-6-4-7-19-37/h2-8,10-15,17-30,40H,9,16H2,1H3/b3-2+,14-5-,17-12-,30-13+. The van der Waals surface area contributed by atoms with Gasteiger partial charge in [0.25, 0.3) is 0 Å². The van der Waals surface area contributed by atoms with E-state index >= 15 is 0 Å². The molecule has 0 saturated carbocycles. The van der Waals surface area contributed by atoms with Crippen molar-refractivity contribution in [1.82, 2.24) is 0 Å². The Morgan fingerprint density at radius 2 is 1.25 bits per heavy atom. The van der Waals surface area contributed by atoms with Gasteiger partial charge in [0.05, 0.1) is 0 Å². The lowest BCUT2D eigenvalue weighted by Gasteiger charge is -2.14. The number of rotatable bonds is 9. The van der Waals surface area contributed by atoms with Crippen LogP contribution >= 0.6 is 0 Å². The molecule has 1 aliphatic rings. The van der Waals surface area contributed by atoms with Crippen molar-refractivity contribution >= 4 is 17.3 Å². The summed E-state index contributed by atoms with van der Waals surface area (Å²) < 4.78 is 0. The first-order valence-corrected chi connectivity index (χ1v) is 14.0. The number of benzene rings is 4. The second-order valence-electron chi connectivity index (χ2n) is 9.74. The molecule has 0 radical (unpaired) electrons. The molecule has 4 aromatic carbocycles. The average molecular weight is 518 g/mol. The summed E-state index contributed by atoms with van der Waals surface area (Å²) in [4.78, 5) is 0. The monoisotopic (exact) mass is 517 g/mol. The first-order valence-electron chi connectivity index (χ1n) is 14.0. The van der Waals surface area contributed by atoms with Gasteiger partial charge in [-0.3, -0.25) is 0 Å². The summed E-state index contributed by atoms with van der Waals surface area (Å²) in [5.74, 6) is 0. The van der Waals surface area contributed by atoms with Crippen LogP contribution in [-0.2, 0) is 0 Å². The van der Waals surface area contributed by atoms with E-state index in [1.54, 1.807) is 0 Å². The Kier molecular flexibility index (Phi) is 9.20. The molecule has 1 heteroatoms. The minimum atomic E-state index is 1.05. The molecule has 0 spiro atoms. The van der Waals surface area contributed by atoms with Crippen molar-refractivity contribution < 1.29 is 0 Å². The third-order valence-electron chi connectivity index (χ3n) is 7.00. The molecule has 0 atom stereocenters. The Labute approximate surface area is 238 Å². The van der Waals surface area contributed by atoms with Crippen LogP contribution in [0.4, 0.5) is 5.69 Å². The van der Waals surface area contributed by atoms with Gasteiger partial charge in [0.15, 0.2) is 0 Å². The van der Waals surface area contributed by atoms with E-state index in [-0.39, 0.29) is 0 Å². The van der Waals surface area contributed by atoms with Gasteiger partial charge in [0.2, 0.25) is 0 Å². The molecule has 0 amide bonds. The van der Waals surface area contributed by atoms with Gasteiger partial charge in [-0.25, -0.2) is 0 Å². The highest BCUT2D eigenvalue weighted by Crippen LogP contribution is 2.32. The Morgan fingerprint density at radius 3 is 2.00 bits per heavy atom. The van der Waals surface area contributed by atoms with E-state index in [2.05, 4.69) is 139 Å². The van der Waals surface area contributed by atoms with Crippen molar-refractivity contribution in [2.45, 2.75) is 19.8 Å². The summed E-state index contributed by atoms with van der Waals surface area (Å²) >= 11 is 0. The molecule has 4 aromatic rings. The van der Waals surface area contributed by atoms with Gasteiger partial charge in [-0.15, -0.1) is 0 Å². The smallest absolute Gasteiger partial charge is 0.0379 e. The molecule has 1 N–H and O–H groups in total. The fraction of sp³-hybridized carbons (Fsp3) is 0.0769. The maximum absolute atomic E-state index is 3.31. The van der Waals surface area contributed by atoms with Crippen molar-refractivity contribution in [2.75, 3.05) is 5.32 Å². The molecule has 1 nitrogen and oxygen atoms in total. The quantitative estimate of drug-likeness (QED) is 0.218. The molecule has 0 saturated heterocycles. The minimum Gasteiger partial charge on any atom is -0.362 e. The fourth-order valence-corrected chi connectivity index (χ4v) is 4.90. The molecular formula is C39H35N. The van der Waals surface area contributed by atoms with E-state index in [0.29, 0.717) is 0 Å². The van der Waals surface area contributed by atoms with E-state index in [4.69, 9.17) is 0 Å². The summed E-state index contributed by atoms with van der Waals surface area (Å²) in [5, 5.41) is 3.31. The van der Waals surface area contributed by atoms with Crippen LogP contribution in [0.5, 0.6) is 0 Å². The van der Waals surface area contributed by atoms with Gasteiger partial charge in [-0.2, -0.15) is 0 Å². The van der Waals surface area contributed by atoms with Gasteiger partial charge in [-0.05, 0) is 82.5 Å². The van der Waals surface area contributed by atoms with E-state index in [9.17, 15) is 0 Å². The summed E-state index contributed by atoms with van der Waals surface area (Å²) in [5.41, 5.74) is 11.1. The van der Waals surface area contributed by atoms with E-state index in [0.717, 1.165) is 18.5 Å². The molecule has 5 rings (SSSR count). The van der Waals surface area contributed by atoms with Gasteiger partial charge < -0.3 is 5.32 Å². The van der Waals surface area contributed by atoms with Crippen LogP contribution < -0.4 is 5.32 Å². The van der Waals surface area contributed by atoms with Crippen LogP contribution in [0.15, 0.2) is 164 Å². The van der Waals surface area contributed by atoms with Crippen LogP contribution in [0, 0.1) is 0 Å². The van der Waals surface area contributed by atoms with E-state index in [1.165, 1.54) is 44.5 Å². The Balaban J connectivity index is 1.30. The molecule has 1 aliphatic carbocycles. The summed E-state index contributed by atoms with van der Waals surface area (Å²) in [7, 11) is 0. The Bertz CT molecular complexity index is 1580. The molecule has 0 fully saturated rings. The summed E-state index contributed by atoms with van der Waals surface area (Å²) in [6.07, 6.45) is 23.4. The fourth-order valence-electron chi connectivity index (χ4n) is 4.90. The highest BCUT2D eigenvalue weighted by atomic mass is 14.8. The number of allylic oxidation sites excluding steroid dienone is 10. The first-order chi connectivity index (χ1) is 19.8. The van der Waals surface area contributed by atoms with Crippen LogP contribution in [0.25, 0.3) is 33.9 Å². The average Bonchev–Trinajstić information content (AvgIpc) is 3.02. The first kappa shape index (κ1) is 26.7. The number of para-hydroxylation sites is 1. The topological polar surface area (TPSA) is 12.0 Å². The van der Waals surface area contributed by atoms with Crippen molar-refractivity contribution in [1.29, 1.82) is 0 Å². The molecular weight excluding hydrogens is 482 g/mol. The van der Waals surface area contributed by atoms with Crippen molar-refractivity contribution in [3.8, 4) is 22.3 Å². The normalized spacial score (nSPS) is 13.8. The zero-order valence-corrected chi connectivity index (χ0v) is 23.0. The molecule has 0 heterocycles. The lowest BCUT2D eigenvalue weighted by molar-refractivity contribution is 0.996. The second-order valence-corrected chi connectivity index (χ2v) is 9.74. The maximum atomic E-state index is 3.31. The van der Waals surface area contributed by atoms with Crippen molar-refractivity contribution in [3.05, 3.63) is 175 Å². The van der Waals surface area contributed by atoms with Crippen LogP contribution in [0.3, 0.4) is 0 Å². The zero-order valence-electron chi connectivity index (χ0n) is 23.0. The molecule has 40 heavy (non-hydrogen) atoms. The van der Waals surface area contributed by atoms with Gasteiger partial charge in [0.1, 0.15) is 0 Å². The van der Waals surface area contributed by atoms with Crippen molar-refractivity contribution in [3.63, 3.8) is 0 Å². The third-order valence-corrected chi connectivity index (χ3v) is 7.00. The zero-order chi connectivity index (χ0) is 27.4. The number of hydrogen-bond donors (Lipinski definition) is 1. The molecule has 0 unspecified atom stereocenters.